The van der Waals surface area contributed by atoms with E-state index in [1.54, 1.807) is 14.2 Å². The highest BCUT2D eigenvalue weighted by Gasteiger charge is 2.37. The smallest absolute Gasteiger partial charge is 0.228 e. The van der Waals surface area contributed by atoms with Crippen LogP contribution < -0.4 is 9.47 Å². The van der Waals surface area contributed by atoms with Gasteiger partial charge >= 0.3 is 0 Å². The van der Waals surface area contributed by atoms with Crippen LogP contribution in [0.1, 0.15) is 17.5 Å². The highest BCUT2D eigenvalue weighted by atomic mass is 16.5. The van der Waals surface area contributed by atoms with Gasteiger partial charge in [0.05, 0.1) is 20.1 Å². The van der Waals surface area contributed by atoms with Crippen LogP contribution in [0.25, 0.3) is 0 Å². The van der Waals surface area contributed by atoms with Crippen molar-refractivity contribution in [3.05, 3.63) is 59.7 Å². The molecule has 2 aliphatic rings. The van der Waals surface area contributed by atoms with Crippen molar-refractivity contribution in [2.24, 2.45) is 5.92 Å². The third-order valence-corrected chi connectivity index (χ3v) is 6.64. The van der Waals surface area contributed by atoms with Gasteiger partial charge in [-0.1, -0.05) is 30.3 Å². The lowest BCUT2D eigenvalue weighted by Gasteiger charge is -2.36. The number of piperazine rings is 1. The minimum atomic E-state index is -0.224. The van der Waals surface area contributed by atoms with E-state index in [9.17, 15) is 9.59 Å². The summed E-state index contributed by atoms with van der Waals surface area (Å²) in [6.45, 7) is 4.90. The maximum Gasteiger partial charge on any atom is 0.228 e. The van der Waals surface area contributed by atoms with Crippen molar-refractivity contribution < 1.29 is 19.1 Å². The molecule has 1 atom stereocenters. The summed E-state index contributed by atoms with van der Waals surface area (Å²) in [7, 11) is 3.33. The summed E-state index contributed by atoms with van der Waals surface area (Å²) in [6, 6.07) is 16.0. The SMILES string of the molecule is COc1ccc(OC)c(CN2CCN(C(=O)C3CC(=O)N(CCc4ccccc4)C3)CC2)c1. The van der Waals surface area contributed by atoms with E-state index in [-0.39, 0.29) is 17.7 Å². The van der Waals surface area contributed by atoms with Gasteiger partial charge in [-0.15, -0.1) is 0 Å². The molecule has 1 unspecified atom stereocenters. The number of benzene rings is 2. The Morgan fingerprint density at radius 2 is 1.76 bits per heavy atom. The summed E-state index contributed by atoms with van der Waals surface area (Å²) in [5.41, 5.74) is 2.29. The number of ether oxygens (including phenoxy) is 2. The summed E-state index contributed by atoms with van der Waals surface area (Å²) in [6.07, 6.45) is 1.15. The minimum Gasteiger partial charge on any atom is -0.497 e. The van der Waals surface area contributed by atoms with Crippen LogP contribution in [0.15, 0.2) is 48.5 Å². The van der Waals surface area contributed by atoms with Gasteiger partial charge in [0.1, 0.15) is 11.5 Å². The summed E-state index contributed by atoms with van der Waals surface area (Å²) in [4.78, 5) is 31.7. The van der Waals surface area contributed by atoms with Gasteiger partial charge < -0.3 is 19.3 Å². The van der Waals surface area contributed by atoms with E-state index >= 15 is 0 Å². The maximum atomic E-state index is 13.1. The predicted molar refractivity (Wildman–Crippen MR) is 126 cm³/mol. The molecule has 7 heteroatoms. The Kier molecular flexibility index (Phi) is 7.50. The molecule has 0 aromatic heterocycles. The van der Waals surface area contributed by atoms with Crippen LogP contribution in [0.2, 0.25) is 0 Å². The molecule has 2 saturated heterocycles. The Morgan fingerprint density at radius 3 is 2.45 bits per heavy atom. The lowest BCUT2D eigenvalue weighted by molar-refractivity contribution is -0.137. The maximum absolute atomic E-state index is 13.1. The van der Waals surface area contributed by atoms with Crippen LogP contribution in [0, 0.1) is 5.92 Å². The standard InChI is InChI=1S/C26H33N3O4/c1-32-23-8-9-24(33-2)21(16-23)18-27-12-14-28(15-13-27)26(31)22-17-25(30)29(19-22)11-10-20-6-4-3-5-7-20/h3-9,16,22H,10-15,17-19H2,1-2H3. The molecule has 2 aromatic carbocycles. The third kappa shape index (κ3) is 5.66. The van der Waals surface area contributed by atoms with E-state index in [4.69, 9.17) is 9.47 Å². The molecule has 2 amide bonds. The number of methoxy groups -OCH3 is 2. The van der Waals surface area contributed by atoms with Gasteiger partial charge in [0.25, 0.3) is 0 Å². The van der Waals surface area contributed by atoms with Gasteiger partial charge in [-0.3, -0.25) is 14.5 Å². The molecule has 0 aliphatic carbocycles. The molecule has 33 heavy (non-hydrogen) atoms. The van der Waals surface area contributed by atoms with Crippen molar-refractivity contribution >= 4 is 11.8 Å². The average Bonchev–Trinajstić information content (AvgIpc) is 3.23. The molecular weight excluding hydrogens is 418 g/mol. The van der Waals surface area contributed by atoms with Crippen molar-refractivity contribution in [2.75, 3.05) is 53.5 Å². The molecule has 0 radical (unpaired) electrons. The number of carbonyl (C=O) groups is 2. The molecule has 7 nitrogen and oxygen atoms in total. The Labute approximate surface area is 195 Å². The van der Waals surface area contributed by atoms with Gasteiger partial charge in [-0.25, -0.2) is 0 Å². The van der Waals surface area contributed by atoms with Crippen molar-refractivity contribution in [3.63, 3.8) is 0 Å². The molecule has 2 aromatic rings. The second-order valence-electron chi connectivity index (χ2n) is 8.76. The van der Waals surface area contributed by atoms with E-state index in [1.807, 2.05) is 46.2 Å². The molecule has 2 heterocycles. The summed E-state index contributed by atoms with van der Waals surface area (Å²) < 4.78 is 10.8. The average molecular weight is 452 g/mol. The van der Waals surface area contributed by atoms with E-state index in [1.165, 1.54) is 5.56 Å². The second-order valence-corrected chi connectivity index (χ2v) is 8.76. The monoisotopic (exact) mass is 451 g/mol. The topological polar surface area (TPSA) is 62.3 Å². The number of hydrogen-bond acceptors (Lipinski definition) is 5. The van der Waals surface area contributed by atoms with Crippen LogP contribution in [0.3, 0.4) is 0 Å². The number of rotatable bonds is 8. The van der Waals surface area contributed by atoms with E-state index in [0.717, 1.165) is 43.1 Å². The van der Waals surface area contributed by atoms with Gasteiger partial charge in [-0.05, 0) is 30.2 Å². The number of amides is 2. The zero-order valence-electron chi connectivity index (χ0n) is 19.5. The number of nitrogens with zero attached hydrogens (tertiary/aromatic N) is 3. The fourth-order valence-corrected chi connectivity index (χ4v) is 4.69. The van der Waals surface area contributed by atoms with E-state index in [2.05, 4.69) is 17.0 Å². The highest BCUT2D eigenvalue weighted by Crippen LogP contribution is 2.26. The first-order chi connectivity index (χ1) is 16.1. The van der Waals surface area contributed by atoms with Crippen LogP contribution >= 0.6 is 0 Å². The molecule has 0 saturated carbocycles. The van der Waals surface area contributed by atoms with Crippen molar-refractivity contribution in [1.29, 1.82) is 0 Å². The molecule has 2 fully saturated rings. The Balaban J connectivity index is 1.27. The van der Waals surface area contributed by atoms with Crippen molar-refractivity contribution in [1.82, 2.24) is 14.7 Å². The molecule has 4 rings (SSSR count). The molecule has 2 aliphatic heterocycles. The predicted octanol–water partition coefficient (Wildman–Crippen LogP) is 2.44. The molecular formula is C26H33N3O4. The first-order valence-corrected chi connectivity index (χ1v) is 11.6. The first kappa shape index (κ1) is 23.1. The van der Waals surface area contributed by atoms with Crippen LogP contribution in [0.5, 0.6) is 11.5 Å². The van der Waals surface area contributed by atoms with Crippen LogP contribution in [-0.2, 0) is 22.6 Å². The van der Waals surface area contributed by atoms with Gasteiger partial charge in [0.15, 0.2) is 0 Å². The Morgan fingerprint density at radius 1 is 1.00 bits per heavy atom. The fourth-order valence-electron chi connectivity index (χ4n) is 4.69. The first-order valence-electron chi connectivity index (χ1n) is 11.6. The number of likely N-dealkylation sites (tertiary alicyclic amines) is 1. The summed E-state index contributed by atoms with van der Waals surface area (Å²) >= 11 is 0. The fraction of sp³-hybridized carbons (Fsp3) is 0.462. The normalized spacial score (nSPS) is 19.1. The second kappa shape index (κ2) is 10.7. The summed E-state index contributed by atoms with van der Waals surface area (Å²) in [5, 5.41) is 0. The zero-order valence-corrected chi connectivity index (χ0v) is 19.5. The lowest BCUT2D eigenvalue weighted by atomic mass is 10.1. The Bertz CT molecular complexity index is 957. The third-order valence-electron chi connectivity index (χ3n) is 6.64. The number of hydrogen-bond donors (Lipinski definition) is 0. The van der Waals surface area contributed by atoms with E-state index in [0.29, 0.717) is 32.6 Å². The Hall–Kier alpha value is -3.06. The molecule has 0 N–H and O–H groups in total. The quantitative estimate of drug-likeness (QED) is 0.617. The van der Waals surface area contributed by atoms with Gasteiger partial charge in [0, 0.05) is 57.8 Å². The highest BCUT2D eigenvalue weighted by molar-refractivity contribution is 5.89. The number of carbonyl (C=O) groups excluding carboxylic acids is 2. The summed E-state index contributed by atoms with van der Waals surface area (Å²) in [5.74, 6) is 1.63. The molecule has 0 spiro atoms. The minimum absolute atomic E-state index is 0.0908. The van der Waals surface area contributed by atoms with Gasteiger partial charge in [-0.2, -0.15) is 0 Å². The van der Waals surface area contributed by atoms with Crippen molar-refractivity contribution in [3.8, 4) is 11.5 Å². The van der Waals surface area contributed by atoms with Gasteiger partial charge in [0.2, 0.25) is 11.8 Å². The van der Waals surface area contributed by atoms with E-state index < -0.39 is 0 Å². The van der Waals surface area contributed by atoms with Crippen LogP contribution in [0.4, 0.5) is 0 Å². The lowest BCUT2D eigenvalue weighted by Crippen LogP contribution is -2.50. The molecule has 176 valence electrons. The largest absolute Gasteiger partial charge is 0.497 e. The van der Waals surface area contributed by atoms with Crippen molar-refractivity contribution in [2.45, 2.75) is 19.4 Å². The zero-order chi connectivity index (χ0) is 23.2. The van der Waals surface area contributed by atoms with Crippen LogP contribution in [-0.4, -0.2) is 80.0 Å². The molecule has 0 bridgehead atoms.